The van der Waals surface area contributed by atoms with Crippen molar-refractivity contribution in [2.75, 3.05) is 39.6 Å². The van der Waals surface area contributed by atoms with Crippen LogP contribution in [0.15, 0.2) is 24.3 Å². The van der Waals surface area contributed by atoms with Gasteiger partial charge in [-0.2, -0.15) is 0 Å². The second-order valence-corrected chi connectivity index (χ2v) is 26.9. The van der Waals surface area contributed by atoms with Gasteiger partial charge < -0.3 is 33.8 Å². The van der Waals surface area contributed by atoms with Crippen molar-refractivity contribution in [1.29, 1.82) is 0 Å². The lowest BCUT2D eigenvalue weighted by atomic mass is 10.0. The van der Waals surface area contributed by atoms with Gasteiger partial charge in [0.25, 0.3) is 0 Å². The fourth-order valence-electron chi connectivity index (χ4n) is 9.57. The van der Waals surface area contributed by atoms with Gasteiger partial charge in [0.05, 0.1) is 26.4 Å². The average Bonchev–Trinajstić information content (AvgIpc) is 3.58. The van der Waals surface area contributed by atoms with Gasteiger partial charge in [0, 0.05) is 25.7 Å². The van der Waals surface area contributed by atoms with Gasteiger partial charge in [-0.15, -0.1) is 0 Å². The number of esters is 4. The molecule has 0 aliphatic heterocycles. The predicted octanol–water partition coefficient (Wildman–Crippen LogP) is 18.5. The molecule has 0 aromatic heterocycles. The van der Waals surface area contributed by atoms with Crippen molar-refractivity contribution in [3.63, 3.8) is 0 Å². The number of hydrogen-bond acceptors (Lipinski definition) is 15. The first kappa shape index (κ1) is 83.5. The fraction of sp³-hybridized carbons (Fsp3) is 0.881. The number of aliphatic hydroxyl groups is 1. The highest BCUT2D eigenvalue weighted by Crippen LogP contribution is 2.45. The molecule has 3 N–H and O–H groups in total. The van der Waals surface area contributed by atoms with Crippen LogP contribution in [-0.2, 0) is 65.4 Å². The maximum atomic E-state index is 13.0. The Morgan fingerprint density at radius 3 is 0.953 bits per heavy atom. The summed E-state index contributed by atoms with van der Waals surface area (Å²) in [5, 5.41) is 10.5. The van der Waals surface area contributed by atoms with Crippen LogP contribution in [0.5, 0.6) is 0 Å². The van der Waals surface area contributed by atoms with Crippen LogP contribution in [0.2, 0.25) is 0 Å². The predicted molar refractivity (Wildman–Crippen MR) is 344 cm³/mol. The van der Waals surface area contributed by atoms with Gasteiger partial charge in [0.2, 0.25) is 0 Å². The highest BCUT2D eigenvalue weighted by Gasteiger charge is 2.30. The van der Waals surface area contributed by atoms with E-state index in [0.717, 1.165) is 134 Å². The second kappa shape index (κ2) is 60.1. The van der Waals surface area contributed by atoms with Crippen LogP contribution < -0.4 is 0 Å². The zero-order valence-corrected chi connectivity index (χ0v) is 56.7. The third-order valence-electron chi connectivity index (χ3n) is 14.9. The van der Waals surface area contributed by atoms with Crippen LogP contribution in [0, 0.1) is 5.92 Å². The SMILES string of the molecule is CCCCCC/C=C\C=C/CCCCCCCC(=O)OC[C@H](COP(=O)(O)OC[C@@H](O)COP(=O)(O)OC[C@@H](COC(=O)CCCCCCC)OC(=O)CCCCCCCCC)OC(=O)CCCCCCCCCCCCCCCCCCC(C)C. The molecule has 0 rings (SSSR count). The minimum Gasteiger partial charge on any atom is -0.462 e. The van der Waals surface area contributed by atoms with E-state index in [0.29, 0.717) is 25.7 Å². The van der Waals surface area contributed by atoms with Crippen molar-refractivity contribution in [1.82, 2.24) is 0 Å². The van der Waals surface area contributed by atoms with E-state index in [9.17, 15) is 43.2 Å². The van der Waals surface area contributed by atoms with Crippen molar-refractivity contribution >= 4 is 39.5 Å². The Morgan fingerprint density at radius 1 is 0.360 bits per heavy atom. The number of carbonyl (C=O) groups is 4. The molecule has 0 spiro atoms. The third-order valence-corrected chi connectivity index (χ3v) is 16.8. The van der Waals surface area contributed by atoms with Crippen LogP contribution in [0.3, 0.4) is 0 Å². The molecule has 0 heterocycles. The Labute approximate surface area is 522 Å². The highest BCUT2D eigenvalue weighted by atomic mass is 31.2. The number of aliphatic hydroxyl groups excluding tert-OH is 1. The van der Waals surface area contributed by atoms with Crippen molar-refractivity contribution in [3.05, 3.63) is 24.3 Å². The first-order valence-corrected chi connectivity index (χ1v) is 37.4. The summed E-state index contributed by atoms with van der Waals surface area (Å²) in [6.07, 6.45) is 48.6. The number of unbranched alkanes of at least 4 members (excludes halogenated alkanes) is 34. The van der Waals surface area contributed by atoms with E-state index >= 15 is 0 Å². The molecule has 0 radical (unpaired) electrons. The molecule has 17 nitrogen and oxygen atoms in total. The Morgan fingerprint density at radius 2 is 0.628 bits per heavy atom. The molecule has 19 heteroatoms. The molecule has 2 unspecified atom stereocenters. The zero-order chi connectivity index (χ0) is 63.5. The van der Waals surface area contributed by atoms with Crippen LogP contribution in [-0.4, -0.2) is 96.7 Å². The van der Waals surface area contributed by atoms with Crippen molar-refractivity contribution in [2.45, 2.75) is 335 Å². The number of rotatable bonds is 65. The molecular formula is C67H126O17P2. The molecule has 0 fully saturated rings. The molecule has 0 aliphatic carbocycles. The van der Waals surface area contributed by atoms with Gasteiger partial charge in [0.1, 0.15) is 19.3 Å². The smallest absolute Gasteiger partial charge is 0.462 e. The normalized spacial score (nSPS) is 14.3. The number of hydrogen-bond donors (Lipinski definition) is 3. The fourth-order valence-corrected chi connectivity index (χ4v) is 11.2. The Bertz CT molecular complexity index is 1760. The summed E-state index contributed by atoms with van der Waals surface area (Å²) >= 11 is 0. The summed E-state index contributed by atoms with van der Waals surface area (Å²) in [6.45, 7) is 7.05. The highest BCUT2D eigenvalue weighted by molar-refractivity contribution is 7.47. The van der Waals surface area contributed by atoms with E-state index in [1.165, 1.54) is 103 Å². The van der Waals surface area contributed by atoms with Gasteiger partial charge in [-0.1, -0.05) is 264 Å². The summed E-state index contributed by atoms with van der Waals surface area (Å²) in [5.74, 6) is -1.37. The Kier molecular flexibility index (Phi) is 58.4. The number of phosphoric acid groups is 2. The van der Waals surface area contributed by atoms with Gasteiger partial charge in [-0.25, -0.2) is 9.13 Å². The molecule has 0 aliphatic rings. The average molecular weight is 1270 g/mol. The lowest BCUT2D eigenvalue weighted by Gasteiger charge is -2.21. The van der Waals surface area contributed by atoms with Crippen molar-refractivity contribution in [3.8, 4) is 0 Å². The lowest BCUT2D eigenvalue weighted by Crippen LogP contribution is -2.30. The van der Waals surface area contributed by atoms with E-state index in [4.69, 9.17) is 37.0 Å². The summed E-state index contributed by atoms with van der Waals surface area (Å²) in [5.41, 5.74) is 0. The van der Waals surface area contributed by atoms with E-state index in [1.807, 2.05) is 0 Å². The van der Waals surface area contributed by atoms with E-state index in [-0.39, 0.29) is 25.7 Å². The molecule has 0 bridgehead atoms. The van der Waals surface area contributed by atoms with E-state index in [1.54, 1.807) is 0 Å². The van der Waals surface area contributed by atoms with Crippen LogP contribution in [0.4, 0.5) is 0 Å². The van der Waals surface area contributed by atoms with Crippen LogP contribution in [0.1, 0.15) is 317 Å². The molecule has 5 atom stereocenters. The molecule has 0 saturated heterocycles. The maximum absolute atomic E-state index is 13.0. The van der Waals surface area contributed by atoms with Gasteiger partial charge in [-0.3, -0.25) is 37.3 Å². The van der Waals surface area contributed by atoms with Gasteiger partial charge >= 0.3 is 39.5 Å². The monoisotopic (exact) mass is 1260 g/mol. The number of allylic oxidation sites excluding steroid dienone is 4. The first-order valence-electron chi connectivity index (χ1n) is 34.5. The number of carbonyl (C=O) groups excluding carboxylic acids is 4. The lowest BCUT2D eigenvalue weighted by molar-refractivity contribution is -0.161. The molecule has 0 amide bonds. The Balaban J connectivity index is 5.15. The topological polar surface area (TPSA) is 237 Å². The summed E-state index contributed by atoms with van der Waals surface area (Å²) in [4.78, 5) is 71.9. The summed E-state index contributed by atoms with van der Waals surface area (Å²) in [6, 6.07) is 0. The van der Waals surface area contributed by atoms with Gasteiger partial charge in [-0.05, 0) is 57.3 Å². The van der Waals surface area contributed by atoms with Crippen LogP contribution >= 0.6 is 15.6 Å². The standard InChI is InChI=1S/C67H126O17P2/c1-6-9-12-15-17-18-19-20-23-27-30-33-37-41-46-51-65(70)78-57-63(84-67(72)53-48-43-38-34-31-28-25-22-21-24-26-29-32-36-40-44-49-60(4)5)59-82-86(75,76)80-55-61(68)54-79-85(73,74)81-58-62(56-77-64(69)50-45-39-14-11-8-3)83-66(71)52-47-42-35-16-13-10-7-2/h18-20,23,60-63,68H,6-17,21-22,24-59H2,1-5H3,(H,73,74)(H,75,76)/b19-18-,23-20-/t61-,62+,63+/m0/s1. The van der Waals surface area contributed by atoms with Crippen LogP contribution in [0.25, 0.3) is 0 Å². The first-order chi connectivity index (χ1) is 41.5. The molecule has 86 heavy (non-hydrogen) atoms. The number of phosphoric ester groups is 2. The minimum atomic E-state index is -4.95. The zero-order valence-electron chi connectivity index (χ0n) is 54.9. The van der Waals surface area contributed by atoms with E-state index < -0.39 is 97.5 Å². The maximum Gasteiger partial charge on any atom is 0.472 e. The van der Waals surface area contributed by atoms with Crippen molar-refractivity contribution in [2.24, 2.45) is 5.92 Å². The second-order valence-electron chi connectivity index (χ2n) is 24.0. The van der Waals surface area contributed by atoms with E-state index in [2.05, 4.69) is 58.9 Å². The molecule has 0 aromatic carbocycles. The molecule has 0 saturated carbocycles. The molecule has 0 aromatic rings. The summed E-state index contributed by atoms with van der Waals surface area (Å²) in [7, 11) is -9.89. The minimum absolute atomic E-state index is 0.101. The third kappa shape index (κ3) is 60.5. The Hall–Kier alpha value is -2.46. The quantitative estimate of drug-likeness (QED) is 0.0169. The summed E-state index contributed by atoms with van der Waals surface area (Å²) < 4.78 is 67.7. The molecule has 506 valence electrons. The van der Waals surface area contributed by atoms with Gasteiger partial charge in [0.15, 0.2) is 12.2 Å². The number of ether oxygens (including phenoxy) is 4. The largest absolute Gasteiger partial charge is 0.472 e. The van der Waals surface area contributed by atoms with Crippen molar-refractivity contribution < 1.29 is 80.2 Å². The molecular weight excluding hydrogens is 1140 g/mol.